The van der Waals surface area contributed by atoms with Gasteiger partial charge in [-0.3, -0.25) is 4.79 Å². The van der Waals surface area contributed by atoms with Crippen molar-refractivity contribution < 1.29 is 4.79 Å². The van der Waals surface area contributed by atoms with Gasteiger partial charge in [-0.1, -0.05) is 36.8 Å². The van der Waals surface area contributed by atoms with Crippen LogP contribution in [0.25, 0.3) is 0 Å². The first-order chi connectivity index (χ1) is 10.7. The van der Waals surface area contributed by atoms with Gasteiger partial charge in [0.1, 0.15) is 6.04 Å². The van der Waals surface area contributed by atoms with Crippen LogP contribution in [0.4, 0.5) is 0 Å². The summed E-state index contributed by atoms with van der Waals surface area (Å²) in [6.07, 6.45) is 6.16. The Hall–Kier alpha value is -1.39. The van der Waals surface area contributed by atoms with Crippen LogP contribution in [-0.2, 0) is 4.79 Å². The van der Waals surface area contributed by atoms with E-state index >= 15 is 0 Å². The number of unbranched alkanes of at least 4 members (excludes halogenated alkanes) is 1. The molecule has 2 atom stereocenters. The molecule has 4 heteroatoms. The van der Waals surface area contributed by atoms with E-state index in [1.165, 1.54) is 25.8 Å². The molecule has 0 radical (unpaired) electrons. The molecule has 1 aromatic rings. The average molecular weight is 303 g/mol. The molecule has 1 saturated heterocycles. The molecule has 0 bridgehead atoms. The number of hydrogen-bond acceptors (Lipinski definition) is 3. The highest BCUT2D eigenvalue weighted by molar-refractivity contribution is 5.82. The second-order valence-corrected chi connectivity index (χ2v) is 6.27. The van der Waals surface area contributed by atoms with E-state index in [1.54, 1.807) is 0 Å². The van der Waals surface area contributed by atoms with Crippen LogP contribution in [-0.4, -0.2) is 36.5 Å². The molecule has 1 fully saturated rings. The quantitative estimate of drug-likeness (QED) is 0.761. The molecule has 0 saturated carbocycles. The van der Waals surface area contributed by atoms with Gasteiger partial charge in [-0.15, -0.1) is 0 Å². The Balaban J connectivity index is 1.61. The standard InChI is InChI=1S/C18H29N3O/c1-15-9-5-7-13-21(15)14-8-6-12-20-18(22)17(19)16-10-3-2-4-11-16/h2-4,10-11,15,17H,5-9,12-14,19H2,1H3,(H,20,22). The summed E-state index contributed by atoms with van der Waals surface area (Å²) in [5.74, 6) is -0.0856. The molecule has 1 amide bonds. The number of likely N-dealkylation sites (tertiary alicyclic amines) is 1. The number of nitrogens with zero attached hydrogens (tertiary/aromatic N) is 1. The average Bonchev–Trinajstić information content (AvgIpc) is 2.56. The molecular weight excluding hydrogens is 274 g/mol. The monoisotopic (exact) mass is 303 g/mol. The number of nitrogens with one attached hydrogen (secondary N) is 1. The lowest BCUT2D eigenvalue weighted by molar-refractivity contribution is -0.122. The molecule has 1 aromatic carbocycles. The van der Waals surface area contributed by atoms with Gasteiger partial charge in [-0.2, -0.15) is 0 Å². The van der Waals surface area contributed by atoms with Crippen molar-refractivity contribution in [2.45, 2.75) is 51.1 Å². The van der Waals surface area contributed by atoms with E-state index in [9.17, 15) is 4.79 Å². The molecule has 22 heavy (non-hydrogen) atoms. The summed E-state index contributed by atoms with van der Waals surface area (Å²) in [6, 6.07) is 9.67. The predicted molar refractivity (Wildman–Crippen MR) is 90.5 cm³/mol. The summed E-state index contributed by atoms with van der Waals surface area (Å²) in [6.45, 7) is 5.40. The summed E-state index contributed by atoms with van der Waals surface area (Å²) in [5.41, 5.74) is 6.83. The first kappa shape index (κ1) is 17.0. The minimum atomic E-state index is -0.566. The molecule has 122 valence electrons. The molecule has 1 aliphatic rings. The highest BCUT2D eigenvalue weighted by Gasteiger charge is 2.17. The van der Waals surface area contributed by atoms with Gasteiger partial charge in [0.25, 0.3) is 0 Å². The molecule has 4 nitrogen and oxygen atoms in total. The van der Waals surface area contributed by atoms with Crippen molar-refractivity contribution in [1.82, 2.24) is 10.2 Å². The first-order valence-electron chi connectivity index (χ1n) is 8.51. The number of carbonyl (C=O) groups excluding carboxylic acids is 1. The third-order valence-corrected chi connectivity index (χ3v) is 4.55. The molecular formula is C18H29N3O. The highest BCUT2D eigenvalue weighted by Crippen LogP contribution is 2.16. The molecule has 0 aromatic heterocycles. The number of amides is 1. The Bertz CT molecular complexity index is 449. The minimum Gasteiger partial charge on any atom is -0.354 e. The van der Waals surface area contributed by atoms with Crippen LogP contribution < -0.4 is 11.1 Å². The number of rotatable bonds is 7. The lowest BCUT2D eigenvalue weighted by atomic mass is 10.0. The van der Waals surface area contributed by atoms with E-state index < -0.39 is 6.04 Å². The summed E-state index contributed by atoms with van der Waals surface area (Å²) >= 11 is 0. The SMILES string of the molecule is CC1CCCCN1CCCCNC(=O)C(N)c1ccccc1. The van der Waals surface area contributed by atoms with E-state index in [-0.39, 0.29) is 5.91 Å². The van der Waals surface area contributed by atoms with E-state index in [1.807, 2.05) is 30.3 Å². The smallest absolute Gasteiger partial charge is 0.241 e. The number of piperidine rings is 1. The van der Waals surface area contributed by atoms with Crippen molar-refractivity contribution in [2.75, 3.05) is 19.6 Å². The molecule has 3 N–H and O–H groups in total. The maximum atomic E-state index is 12.0. The third kappa shape index (κ3) is 5.11. The van der Waals surface area contributed by atoms with Crippen molar-refractivity contribution >= 4 is 5.91 Å². The van der Waals surface area contributed by atoms with E-state index in [0.29, 0.717) is 6.54 Å². The Morgan fingerprint density at radius 1 is 1.32 bits per heavy atom. The summed E-state index contributed by atoms with van der Waals surface area (Å²) in [5, 5.41) is 2.95. The van der Waals surface area contributed by atoms with Gasteiger partial charge in [-0.05, 0) is 51.3 Å². The number of hydrogen-bond donors (Lipinski definition) is 2. The fourth-order valence-corrected chi connectivity index (χ4v) is 3.06. The molecule has 0 spiro atoms. The van der Waals surface area contributed by atoms with Gasteiger partial charge >= 0.3 is 0 Å². The van der Waals surface area contributed by atoms with Crippen LogP contribution in [0.15, 0.2) is 30.3 Å². The van der Waals surface area contributed by atoms with E-state index in [2.05, 4.69) is 17.1 Å². The minimum absolute atomic E-state index is 0.0856. The summed E-state index contributed by atoms with van der Waals surface area (Å²) in [4.78, 5) is 14.6. The van der Waals surface area contributed by atoms with Gasteiger partial charge < -0.3 is 16.0 Å². The Morgan fingerprint density at radius 3 is 2.82 bits per heavy atom. The normalized spacial score (nSPS) is 20.5. The zero-order chi connectivity index (χ0) is 15.8. The Morgan fingerprint density at radius 2 is 2.09 bits per heavy atom. The summed E-state index contributed by atoms with van der Waals surface area (Å²) in [7, 11) is 0. The van der Waals surface area contributed by atoms with Crippen LogP contribution in [0, 0.1) is 0 Å². The predicted octanol–water partition coefficient (Wildman–Crippen LogP) is 2.46. The third-order valence-electron chi connectivity index (χ3n) is 4.55. The van der Waals surface area contributed by atoms with Crippen molar-refractivity contribution in [3.63, 3.8) is 0 Å². The van der Waals surface area contributed by atoms with E-state index in [4.69, 9.17) is 5.73 Å². The fourth-order valence-electron chi connectivity index (χ4n) is 3.06. The number of benzene rings is 1. The van der Waals surface area contributed by atoms with Gasteiger partial charge in [-0.25, -0.2) is 0 Å². The lowest BCUT2D eigenvalue weighted by Gasteiger charge is -2.33. The van der Waals surface area contributed by atoms with Crippen molar-refractivity contribution in [1.29, 1.82) is 0 Å². The lowest BCUT2D eigenvalue weighted by Crippen LogP contribution is -2.38. The van der Waals surface area contributed by atoms with Crippen molar-refractivity contribution in [2.24, 2.45) is 5.73 Å². The second-order valence-electron chi connectivity index (χ2n) is 6.27. The summed E-state index contributed by atoms with van der Waals surface area (Å²) < 4.78 is 0. The van der Waals surface area contributed by atoms with Crippen molar-refractivity contribution in [3.05, 3.63) is 35.9 Å². The van der Waals surface area contributed by atoms with E-state index in [0.717, 1.165) is 31.0 Å². The first-order valence-corrected chi connectivity index (χ1v) is 8.51. The van der Waals surface area contributed by atoms with Crippen LogP contribution in [0.1, 0.15) is 50.6 Å². The fraction of sp³-hybridized carbons (Fsp3) is 0.611. The molecule has 2 rings (SSSR count). The van der Waals surface area contributed by atoms with Crippen LogP contribution in [0.3, 0.4) is 0 Å². The maximum absolute atomic E-state index is 12.0. The van der Waals surface area contributed by atoms with Gasteiger partial charge in [0.2, 0.25) is 5.91 Å². The van der Waals surface area contributed by atoms with Crippen LogP contribution in [0.5, 0.6) is 0 Å². The topological polar surface area (TPSA) is 58.4 Å². The molecule has 1 heterocycles. The second kappa shape index (κ2) is 8.91. The molecule has 2 unspecified atom stereocenters. The molecule has 0 aliphatic carbocycles. The van der Waals surface area contributed by atoms with Gasteiger partial charge in [0, 0.05) is 12.6 Å². The Labute approximate surface area is 134 Å². The number of nitrogens with two attached hydrogens (primary N) is 1. The highest BCUT2D eigenvalue weighted by atomic mass is 16.2. The van der Waals surface area contributed by atoms with Crippen LogP contribution >= 0.6 is 0 Å². The Kier molecular flexibility index (Phi) is 6.87. The van der Waals surface area contributed by atoms with Crippen LogP contribution in [0.2, 0.25) is 0 Å². The molecule has 1 aliphatic heterocycles. The van der Waals surface area contributed by atoms with Gasteiger partial charge in [0.05, 0.1) is 0 Å². The maximum Gasteiger partial charge on any atom is 0.241 e. The number of carbonyl (C=O) groups is 1. The zero-order valence-electron chi connectivity index (χ0n) is 13.6. The largest absolute Gasteiger partial charge is 0.354 e. The van der Waals surface area contributed by atoms with Crippen molar-refractivity contribution in [3.8, 4) is 0 Å². The zero-order valence-corrected chi connectivity index (χ0v) is 13.6. The van der Waals surface area contributed by atoms with Gasteiger partial charge in [0.15, 0.2) is 0 Å².